The van der Waals surface area contributed by atoms with Crippen LogP contribution in [0.3, 0.4) is 0 Å². The Morgan fingerprint density at radius 3 is 2.94 bits per heavy atom. The summed E-state index contributed by atoms with van der Waals surface area (Å²) in [7, 11) is 2.59. The highest BCUT2D eigenvalue weighted by Crippen LogP contribution is 2.43. The standard InChI is InChI=1S/C24H21N8O2P/c33-24(23-29-28-22(34-23)20-18(35)4-1-8-25-20)31-10-7-15-19(27-12-26-15)21(31)16-11-17-14(13-5-6-13)3-2-9-32(17)30-16/h1-4,8-9,11-13,21H,5-7,10,35H2,(H,26,27)/t21-/m1/s1. The molecule has 2 aliphatic rings. The number of fused-ring (bicyclic) bond motifs is 2. The molecule has 6 heterocycles. The van der Waals surface area contributed by atoms with Gasteiger partial charge in [-0.3, -0.25) is 9.78 Å². The number of rotatable bonds is 4. The molecule has 1 N–H and O–H groups in total. The summed E-state index contributed by atoms with van der Waals surface area (Å²) >= 11 is 0. The number of hydrogen-bond donors (Lipinski definition) is 1. The molecule has 1 aliphatic heterocycles. The highest BCUT2D eigenvalue weighted by molar-refractivity contribution is 7.27. The minimum absolute atomic E-state index is 0.0820. The third-order valence-electron chi connectivity index (χ3n) is 6.69. The van der Waals surface area contributed by atoms with Gasteiger partial charge in [0, 0.05) is 36.4 Å². The van der Waals surface area contributed by atoms with Crippen molar-refractivity contribution in [2.24, 2.45) is 0 Å². The van der Waals surface area contributed by atoms with Crippen molar-refractivity contribution in [1.29, 1.82) is 0 Å². The number of H-pyrrole nitrogens is 1. The summed E-state index contributed by atoms with van der Waals surface area (Å²) < 4.78 is 7.70. The molecule has 0 bridgehead atoms. The van der Waals surface area contributed by atoms with Gasteiger partial charge in [-0.15, -0.1) is 19.4 Å². The van der Waals surface area contributed by atoms with Gasteiger partial charge in [0.25, 0.3) is 5.89 Å². The van der Waals surface area contributed by atoms with E-state index in [1.165, 1.54) is 18.4 Å². The first kappa shape index (κ1) is 20.5. The summed E-state index contributed by atoms with van der Waals surface area (Å²) in [5.74, 6) is 0.345. The number of nitrogens with one attached hydrogen (secondary N) is 1. The van der Waals surface area contributed by atoms with Crippen LogP contribution >= 0.6 is 9.24 Å². The quantitative estimate of drug-likeness (QED) is 0.390. The van der Waals surface area contributed by atoms with Crippen molar-refractivity contribution in [3.8, 4) is 11.6 Å². The van der Waals surface area contributed by atoms with E-state index in [0.717, 1.165) is 27.9 Å². The van der Waals surface area contributed by atoms with Crippen LogP contribution in [0.2, 0.25) is 0 Å². The van der Waals surface area contributed by atoms with Crippen LogP contribution in [0.15, 0.2) is 53.5 Å². The summed E-state index contributed by atoms with van der Waals surface area (Å²) in [5.41, 5.74) is 5.46. The second-order valence-corrected chi connectivity index (χ2v) is 9.53. The molecular formula is C24H21N8O2P. The van der Waals surface area contributed by atoms with Gasteiger partial charge < -0.3 is 14.3 Å². The number of carbonyl (C=O) groups excluding carboxylic acids is 1. The molecule has 5 aromatic rings. The zero-order valence-corrected chi connectivity index (χ0v) is 19.8. The van der Waals surface area contributed by atoms with Crippen LogP contribution in [-0.2, 0) is 6.42 Å². The van der Waals surface area contributed by atoms with Gasteiger partial charge >= 0.3 is 11.8 Å². The van der Waals surface area contributed by atoms with Crippen molar-refractivity contribution in [3.05, 3.63) is 77.6 Å². The lowest BCUT2D eigenvalue weighted by atomic mass is 9.99. The molecule has 0 saturated heterocycles. The van der Waals surface area contributed by atoms with Crippen LogP contribution in [-0.4, -0.2) is 52.1 Å². The van der Waals surface area contributed by atoms with Crippen molar-refractivity contribution in [3.63, 3.8) is 0 Å². The molecule has 35 heavy (non-hydrogen) atoms. The topological polar surface area (TPSA) is 118 Å². The zero-order chi connectivity index (χ0) is 23.5. The maximum Gasteiger partial charge on any atom is 0.312 e. The predicted molar refractivity (Wildman–Crippen MR) is 129 cm³/mol. The second-order valence-electron chi connectivity index (χ2n) is 8.91. The Balaban J connectivity index is 1.29. The molecule has 1 amide bonds. The van der Waals surface area contributed by atoms with Crippen LogP contribution in [0.4, 0.5) is 0 Å². The van der Waals surface area contributed by atoms with Crippen molar-refractivity contribution < 1.29 is 9.21 Å². The summed E-state index contributed by atoms with van der Waals surface area (Å²) in [6, 6.07) is 9.50. The van der Waals surface area contributed by atoms with E-state index < -0.39 is 6.04 Å². The molecule has 7 rings (SSSR count). The number of pyridine rings is 2. The fraction of sp³-hybridized carbons (Fsp3) is 0.250. The highest BCUT2D eigenvalue weighted by Gasteiger charge is 2.38. The summed E-state index contributed by atoms with van der Waals surface area (Å²) in [6.07, 6.45) is 8.31. The molecular weight excluding hydrogens is 463 g/mol. The minimum Gasteiger partial charge on any atom is -0.411 e. The van der Waals surface area contributed by atoms with Gasteiger partial charge in [0.05, 0.1) is 23.2 Å². The Hall–Kier alpha value is -3.91. The fourth-order valence-corrected chi connectivity index (χ4v) is 5.16. The molecule has 1 saturated carbocycles. The van der Waals surface area contributed by atoms with Gasteiger partial charge in [0.2, 0.25) is 0 Å². The Bertz CT molecular complexity index is 1580. The molecule has 1 aliphatic carbocycles. The summed E-state index contributed by atoms with van der Waals surface area (Å²) in [5, 5.41) is 13.8. The monoisotopic (exact) mass is 484 g/mol. The van der Waals surface area contributed by atoms with Gasteiger partial charge in [-0.1, -0.05) is 12.1 Å². The third kappa shape index (κ3) is 3.36. The third-order valence-corrected chi connectivity index (χ3v) is 7.15. The molecule has 174 valence electrons. The molecule has 5 aromatic heterocycles. The minimum atomic E-state index is -0.466. The molecule has 1 fully saturated rings. The number of imidazole rings is 1. The first-order valence-electron chi connectivity index (χ1n) is 11.5. The maximum atomic E-state index is 13.7. The molecule has 0 aromatic carbocycles. The molecule has 11 heteroatoms. The second kappa shape index (κ2) is 7.81. The van der Waals surface area contributed by atoms with Crippen LogP contribution in [0.5, 0.6) is 0 Å². The molecule has 2 atom stereocenters. The average Bonchev–Trinajstić information content (AvgIpc) is 3.25. The Morgan fingerprint density at radius 2 is 2.09 bits per heavy atom. The Labute approximate surface area is 202 Å². The predicted octanol–water partition coefficient (Wildman–Crippen LogP) is 2.67. The number of aromatic amines is 1. The number of amides is 1. The van der Waals surface area contributed by atoms with Crippen LogP contribution in [0.1, 0.15) is 58.1 Å². The van der Waals surface area contributed by atoms with Gasteiger partial charge in [-0.2, -0.15) is 5.10 Å². The number of carbonyl (C=O) groups is 1. The first-order valence-corrected chi connectivity index (χ1v) is 12.1. The molecule has 0 radical (unpaired) electrons. The lowest BCUT2D eigenvalue weighted by Crippen LogP contribution is -2.41. The Kier molecular flexibility index (Phi) is 4.57. The fourth-order valence-electron chi connectivity index (χ4n) is 4.85. The number of aromatic nitrogens is 7. The lowest BCUT2D eigenvalue weighted by molar-refractivity contribution is 0.0646. The largest absolute Gasteiger partial charge is 0.411 e. The van der Waals surface area contributed by atoms with Gasteiger partial charge in [-0.25, -0.2) is 9.50 Å². The van der Waals surface area contributed by atoms with E-state index in [-0.39, 0.29) is 17.7 Å². The van der Waals surface area contributed by atoms with Crippen molar-refractivity contribution in [2.75, 3.05) is 6.54 Å². The molecule has 0 spiro atoms. The Morgan fingerprint density at radius 1 is 1.17 bits per heavy atom. The number of nitrogens with zero attached hydrogens (tertiary/aromatic N) is 7. The van der Waals surface area contributed by atoms with Crippen molar-refractivity contribution >= 4 is 26.0 Å². The van der Waals surface area contributed by atoms with E-state index in [4.69, 9.17) is 9.52 Å². The van der Waals surface area contributed by atoms with E-state index in [0.29, 0.717) is 24.6 Å². The SMILES string of the molecule is O=C(c1nnc(-c2ncccc2P)o1)N1CCc2[nH]cnc2[C@H]1c1cc2c(C3CC3)cccn2n1. The lowest BCUT2D eigenvalue weighted by Gasteiger charge is -2.32. The van der Waals surface area contributed by atoms with Crippen molar-refractivity contribution in [2.45, 2.75) is 31.2 Å². The normalized spacial score (nSPS) is 17.6. The van der Waals surface area contributed by atoms with E-state index in [9.17, 15) is 4.79 Å². The van der Waals surface area contributed by atoms with E-state index in [2.05, 4.69) is 46.5 Å². The van der Waals surface area contributed by atoms with Crippen LogP contribution in [0.25, 0.3) is 17.1 Å². The summed E-state index contributed by atoms with van der Waals surface area (Å²) in [6.45, 7) is 0.470. The smallest absolute Gasteiger partial charge is 0.312 e. The van der Waals surface area contributed by atoms with E-state index in [1.54, 1.807) is 17.4 Å². The number of hydrogen-bond acceptors (Lipinski definition) is 7. The zero-order valence-electron chi connectivity index (χ0n) is 18.6. The maximum absolute atomic E-state index is 13.7. The van der Waals surface area contributed by atoms with E-state index >= 15 is 0 Å². The molecule has 10 nitrogen and oxygen atoms in total. The van der Waals surface area contributed by atoms with Gasteiger partial charge in [0.1, 0.15) is 11.7 Å². The van der Waals surface area contributed by atoms with Gasteiger partial charge in [-0.05, 0) is 42.5 Å². The van der Waals surface area contributed by atoms with Crippen molar-refractivity contribution in [1.82, 2.24) is 39.7 Å². The average molecular weight is 484 g/mol. The highest BCUT2D eigenvalue weighted by atomic mass is 31.0. The van der Waals surface area contributed by atoms with Gasteiger partial charge in [0.15, 0.2) is 0 Å². The summed E-state index contributed by atoms with van der Waals surface area (Å²) in [4.78, 5) is 27.5. The van der Waals surface area contributed by atoms with Crippen LogP contribution in [0, 0.1) is 0 Å². The molecule has 1 unspecified atom stereocenters. The van der Waals surface area contributed by atoms with E-state index in [1.807, 2.05) is 28.9 Å². The van der Waals surface area contributed by atoms with Crippen LogP contribution < -0.4 is 5.30 Å². The first-order chi connectivity index (χ1) is 17.2.